The number of para-hydroxylation sites is 1. The smallest absolute Gasteiger partial charge is 0.257 e. The van der Waals surface area contributed by atoms with E-state index in [1.807, 2.05) is 48.5 Å². The molecule has 0 fully saturated rings. The molecule has 2 rings (SSSR count). The van der Waals surface area contributed by atoms with Crippen molar-refractivity contribution in [1.29, 1.82) is 0 Å². The molecule has 0 aliphatic heterocycles. The Morgan fingerprint density at radius 3 is 2.39 bits per heavy atom. The number of nitrogens with two attached hydrogens (primary N) is 1. The van der Waals surface area contributed by atoms with Gasteiger partial charge in [0.15, 0.2) is 0 Å². The number of hydrogen-bond acceptors (Lipinski definition) is 3. The highest BCUT2D eigenvalue weighted by atomic mass is 16.5. The second kappa shape index (κ2) is 11.8. The highest BCUT2D eigenvalue weighted by molar-refractivity contribution is 5.97. The molecule has 0 aliphatic carbocycles. The topological polar surface area (TPSA) is 72.6 Å². The standard InChI is InChI=1S/C23H30N2O3/c1-2-3-4-10-17-28-21-14-9-8-13-20(21)23(27)25(16-15-22(24)26)18-19-11-6-5-7-12-19/h5-9,11-14H,2-4,10,15-18H2,1H3,(H2,24,26). The Labute approximate surface area is 167 Å². The van der Waals surface area contributed by atoms with Crippen molar-refractivity contribution in [2.75, 3.05) is 13.2 Å². The van der Waals surface area contributed by atoms with Gasteiger partial charge in [-0.25, -0.2) is 0 Å². The van der Waals surface area contributed by atoms with Gasteiger partial charge >= 0.3 is 0 Å². The van der Waals surface area contributed by atoms with E-state index in [9.17, 15) is 9.59 Å². The van der Waals surface area contributed by atoms with Crippen molar-refractivity contribution in [3.63, 3.8) is 0 Å². The quantitative estimate of drug-likeness (QED) is 0.560. The lowest BCUT2D eigenvalue weighted by Crippen LogP contribution is -2.34. The maximum absolute atomic E-state index is 13.2. The van der Waals surface area contributed by atoms with E-state index in [1.54, 1.807) is 11.0 Å². The molecule has 5 nitrogen and oxygen atoms in total. The van der Waals surface area contributed by atoms with Gasteiger partial charge in [0.1, 0.15) is 5.75 Å². The van der Waals surface area contributed by atoms with Crippen molar-refractivity contribution in [2.45, 2.75) is 45.6 Å². The van der Waals surface area contributed by atoms with Gasteiger partial charge in [-0.05, 0) is 24.1 Å². The Balaban J connectivity index is 2.12. The van der Waals surface area contributed by atoms with Gasteiger partial charge in [0.25, 0.3) is 5.91 Å². The minimum atomic E-state index is -0.425. The molecular formula is C23H30N2O3. The van der Waals surface area contributed by atoms with Crippen molar-refractivity contribution >= 4 is 11.8 Å². The second-order valence-corrected chi connectivity index (χ2v) is 6.83. The summed E-state index contributed by atoms with van der Waals surface area (Å²) in [4.78, 5) is 26.1. The first kappa shape index (κ1) is 21.5. The Kier molecular flexibility index (Phi) is 9.05. The van der Waals surface area contributed by atoms with Gasteiger partial charge in [0.2, 0.25) is 5.91 Å². The number of amides is 2. The fourth-order valence-corrected chi connectivity index (χ4v) is 2.95. The van der Waals surface area contributed by atoms with Gasteiger partial charge < -0.3 is 15.4 Å². The lowest BCUT2D eigenvalue weighted by molar-refractivity contribution is -0.118. The third-order valence-electron chi connectivity index (χ3n) is 4.50. The van der Waals surface area contributed by atoms with Crippen molar-refractivity contribution in [2.24, 2.45) is 5.73 Å². The number of unbranched alkanes of at least 4 members (excludes halogenated alkanes) is 3. The van der Waals surface area contributed by atoms with Gasteiger partial charge in [-0.1, -0.05) is 68.7 Å². The molecule has 0 heterocycles. The van der Waals surface area contributed by atoms with Crippen LogP contribution < -0.4 is 10.5 Å². The molecule has 0 radical (unpaired) electrons. The van der Waals surface area contributed by atoms with E-state index in [0.29, 0.717) is 24.5 Å². The maximum atomic E-state index is 13.2. The predicted octanol–water partition coefficient (Wildman–Crippen LogP) is 4.16. The third-order valence-corrected chi connectivity index (χ3v) is 4.50. The van der Waals surface area contributed by atoms with Crippen molar-refractivity contribution in [3.05, 3.63) is 65.7 Å². The summed E-state index contributed by atoms with van der Waals surface area (Å²) in [5, 5.41) is 0. The lowest BCUT2D eigenvalue weighted by Gasteiger charge is -2.23. The van der Waals surface area contributed by atoms with E-state index in [-0.39, 0.29) is 18.9 Å². The number of hydrogen-bond donors (Lipinski definition) is 1. The number of carbonyl (C=O) groups is 2. The fourth-order valence-electron chi connectivity index (χ4n) is 2.95. The van der Waals surface area contributed by atoms with Crippen LogP contribution in [-0.4, -0.2) is 29.9 Å². The van der Waals surface area contributed by atoms with Crippen LogP contribution in [-0.2, 0) is 11.3 Å². The molecule has 0 saturated heterocycles. The van der Waals surface area contributed by atoms with Crippen molar-refractivity contribution in [1.82, 2.24) is 4.90 Å². The zero-order valence-electron chi connectivity index (χ0n) is 16.6. The van der Waals surface area contributed by atoms with Crippen molar-refractivity contribution in [3.8, 4) is 5.75 Å². The van der Waals surface area contributed by atoms with Crippen LogP contribution >= 0.6 is 0 Å². The molecule has 0 atom stereocenters. The molecule has 0 aromatic heterocycles. The van der Waals surface area contributed by atoms with Gasteiger partial charge in [0.05, 0.1) is 12.2 Å². The lowest BCUT2D eigenvalue weighted by atomic mass is 10.1. The molecular weight excluding hydrogens is 352 g/mol. The molecule has 28 heavy (non-hydrogen) atoms. The molecule has 2 aromatic rings. The summed E-state index contributed by atoms with van der Waals surface area (Å²) in [5.74, 6) is 0.00159. The summed E-state index contributed by atoms with van der Waals surface area (Å²) < 4.78 is 5.89. The Hall–Kier alpha value is -2.82. The summed E-state index contributed by atoms with van der Waals surface area (Å²) in [6, 6.07) is 17.0. The van der Waals surface area contributed by atoms with Crippen LogP contribution in [0.3, 0.4) is 0 Å². The molecule has 0 saturated carbocycles. The second-order valence-electron chi connectivity index (χ2n) is 6.83. The number of carbonyl (C=O) groups excluding carboxylic acids is 2. The molecule has 2 amide bonds. The van der Waals surface area contributed by atoms with Gasteiger partial charge in [0, 0.05) is 19.5 Å². The fraction of sp³-hybridized carbons (Fsp3) is 0.391. The van der Waals surface area contributed by atoms with E-state index in [2.05, 4.69) is 6.92 Å². The molecule has 0 aliphatic rings. The van der Waals surface area contributed by atoms with Crippen LogP contribution in [0.15, 0.2) is 54.6 Å². The Morgan fingerprint density at radius 2 is 1.68 bits per heavy atom. The average molecular weight is 383 g/mol. The van der Waals surface area contributed by atoms with Crippen molar-refractivity contribution < 1.29 is 14.3 Å². The SMILES string of the molecule is CCCCCCOc1ccccc1C(=O)N(CCC(N)=O)Cc1ccccc1. The van der Waals surface area contributed by atoms with E-state index in [0.717, 1.165) is 18.4 Å². The van der Waals surface area contributed by atoms with Gasteiger partial charge in [-0.15, -0.1) is 0 Å². The average Bonchev–Trinajstić information content (AvgIpc) is 2.71. The van der Waals surface area contributed by atoms with E-state index in [4.69, 9.17) is 10.5 Å². The van der Waals surface area contributed by atoms with Crippen LogP contribution in [0.25, 0.3) is 0 Å². The largest absolute Gasteiger partial charge is 0.493 e. The maximum Gasteiger partial charge on any atom is 0.257 e. The van der Waals surface area contributed by atoms with E-state index < -0.39 is 5.91 Å². The van der Waals surface area contributed by atoms with Crippen LogP contribution in [0.4, 0.5) is 0 Å². The zero-order chi connectivity index (χ0) is 20.2. The monoisotopic (exact) mass is 382 g/mol. The first-order chi connectivity index (χ1) is 13.6. The van der Waals surface area contributed by atoms with Gasteiger partial charge in [-0.3, -0.25) is 9.59 Å². The number of primary amides is 1. The normalized spacial score (nSPS) is 10.5. The Morgan fingerprint density at radius 1 is 0.964 bits per heavy atom. The minimum absolute atomic E-state index is 0.124. The van der Waals surface area contributed by atoms with Crippen LogP contribution in [0.2, 0.25) is 0 Å². The highest BCUT2D eigenvalue weighted by Gasteiger charge is 2.20. The predicted molar refractivity (Wildman–Crippen MR) is 111 cm³/mol. The zero-order valence-corrected chi connectivity index (χ0v) is 16.6. The third kappa shape index (κ3) is 7.06. The van der Waals surface area contributed by atoms with Crippen LogP contribution in [0.5, 0.6) is 5.75 Å². The summed E-state index contributed by atoms with van der Waals surface area (Å²) in [7, 11) is 0. The molecule has 0 unspecified atom stereocenters. The minimum Gasteiger partial charge on any atom is -0.493 e. The Bertz CT molecular complexity index is 747. The summed E-state index contributed by atoms with van der Waals surface area (Å²) in [6.45, 7) is 3.44. The summed E-state index contributed by atoms with van der Waals surface area (Å²) in [6.07, 6.45) is 4.56. The first-order valence-electron chi connectivity index (χ1n) is 9.95. The van der Waals surface area contributed by atoms with Gasteiger partial charge in [-0.2, -0.15) is 0 Å². The highest BCUT2D eigenvalue weighted by Crippen LogP contribution is 2.22. The molecule has 5 heteroatoms. The number of rotatable bonds is 12. The summed E-state index contributed by atoms with van der Waals surface area (Å²) in [5.41, 5.74) is 6.82. The summed E-state index contributed by atoms with van der Waals surface area (Å²) >= 11 is 0. The van der Waals surface area contributed by atoms with Crippen LogP contribution in [0.1, 0.15) is 54.9 Å². The number of benzene rings is 2. The molecule has 0 bridgehead atoms. The molecule has 2 aromatic carbocycles. The van der Waals surface area contributed by atoms with Crippen LogP contribution in [0, 0.1) is 0 Å². The van der Waals surface area contributed by atoms with E-state index >= 15 is 0 Å². The molecule has 0 spiro atoms. The number of nitrogens with zero attached hydrogens (tertiary/aromatic N) is 1. The van der Waals surface area contributed by atoms with E-state index in [1.165, 1.54) is 12.8 Å². The molecule has 150 valence electrons. The first-order valence-corrected chi connectivity index (χ1v) is 9.95. The number of ether oxygens (including phenoxy) is 1. The molecule has 2 N–H and O–H groups in total.